The quantitative estimate of drug-likeness (QED) is 0.311. The van der Waals surface area contributed by atoms with Crippen molar-refractivity contribution in [1.82, 2.24) is 0 Å². The Hall–Kier alpha value is -1.74. The predicted octanol–water partition coefficient (Wildman–Crippen LogP) is 7.16. The highest BCUT2D eigenvalue weighted by Gasteiger charge is 2.16. The molecule has 0 aliphatic rings. The second kappa shape index (κ2) is 10.5. The Morgan fingerprint density at radius 1 is 0.700 bits per heavy atom. The van der Waals surface area contributed by atoms with Crippen LogP contribution in [0.4, 0.5) is 11.4 Å². The van der Waals surface area contributed by atoms with Crippen molar-refractivity contribution >= 4 is 78.6 Å². The van der Waals surface area contributed by atoms with Crippen LogP contribution in [0.15, 0.2) is 79.4 Å². The second-order valence-electron chi connectivity index (χ2n) is 6.14. The smallest absolute Gasteiger partial charge is 0.256 e. The highest BCUT2D eigenvalue weighted by atomic mass is 79.9. The summed E-state index contributed by atoms with van der Waals surface area (Å²) in [5.41, 5.74) is 2.19. The Balaban J connectivity index is 1.87. The number of carbonyl (C=O) groups is 2. The number of rotatable bonds is 6. The van der Waals surface area contributed by atoms with Gasteiger partial charge in [0.05, 0.1) is 22.5 Å². The maximum Gasteiger partial charge on any atom is 0.256 e. The number of anilines is 2. The monoisotopic (exact) mass is 564 g/mol. The third kappa shape index (κ3) is 5.49. The van der Waals surface area contributed by atoms with E-state index in [4.69, 9.17) is 0 Å². The van der Waals surface area contributed by atoms with Crippen molar-refractivity contribution in [2.45, 2.75) is 9.79 Å². The van der Waals surface area contributed by atoms with Crippen LogP contribution in [-0.2, 0) is 0 Å². The molecule has 3 rings (SSSR count). The molecule has 0 unspecified atom stereocenters. The fraction of sp³-hybridized carbons (Fsp3) is 0.0909. The Kier molecular flexibility index (Phi) is 8.05. The number of para-hydroxylation sites is 2. The lowest BCUT2D eigenvalue weighted by molar-refractivity contribution is 0.101. The minimum absolute atomic E-state index is 0.241. The van der Waals surface area contributed by atoms with Crippen LogP contribution in [0.1, 0.15) is 20.7 Å². The number of amides is 2. The summed E-state index contributed by atoms with van der Waals surface area (Å²) in [7, 11) is 0. The lowest BCUT2D eigenvalue weighted by atomic mass is 10.1. The zero-order chi connectivity index (χ0) is 21.7. The molecule has 2 N–H and O–H groups in total. The van der Waals surface area contributed by atoms with Crippen LogP contribution in [0.3, 0.4) is 0 Å². The number of nitrogens with one attached hydrogen (secondary N) is 2. The van der Waals surface area contributed by atoms with E-state index in [1.165, 1.54) is 23.5 Å². The average molecular weight is 566 g/mol. The van der Waals surface area contributed by atoms with E-state index in [-0.39, 0.29) is 11.8 Å². The molecule has 3 aromatic rings. The van der Waals surface area contributed by atoms with Crippen molar-refractivity contribution < 1.29 is 9.59 Å². The molecule has 2 amide bonds. The van der Waals surface area contributed by atoms with E-state index in [1.807, 2.05) is 48.9 Å². The molecule has 0 bridgehead atoms. The van der Waals surface area contributed by atoms with E-state index in [0.717, 1.165) is 18.7 Å². The maximum absolute atomic E-state index is 12.9. The number of benzene rings is 3. The summed E-state index contributed by atoms with van der Waals surface area (Å²) in [5, 5.41) is 5.85. The van der Waals surface area contributed by atoms with Gasteiger partial charge in [-0.25, -0.2) is 0 Å². The van der Waals surface area contributed by atoms with Gasteiger partial charge in [0.1, 0.15) is 0 Å². The number of hydrogen-bond donors (Lipinski definition) is 2. The molecular weight excluding hydrogens is 548 g/mol. The molecule has 0 heterocycles. The Labute approximate surface area is 200 Å². The zero-order valence-corrected chi connectivity index (χ0v) is 21.0. The van der Waals surface area contributed by atoms with Gasteiger partial charge in [0.2, 0.25) is 0 Å². The largest absolute Gasteiger partial charge is 0.320 e. The van der Waals surface area contributed by atoms with Crippen molar-refractivity contribution in [3.63, 3.8) is 0 Å². The molecule has 0 aliphatic carbocycles. The molecule has 30 heavy (non-hydrogen) atoms. The molecule has 0 aromatic heterocycles. The molecule has 0 spiro atoms. The Morgan fingerprint density at radius 2 is 1.10 bits per heavy atom. The third-order valence-electron chi connectivity index (χ3n) is 4.24. The number of carbonyl (C=O) groups excluding carboxylic acids is 2. The summed E-state index contributed by atoms with van der Waals surface area (Å²) in [5.74, 6) is -0.482. The molecule has 0 saturated heterocycles. The van der Waals surface area contributed by atoms with Gasteiger partial charge in [0.15, 0.2) is 0 Å². The molecule has 3 aromatic carbocycles. The van der Waals surface area contributed by atoms with Gasteiger partial charge in [0.25, 0.3) is 11.8 Å². The summed E-state index contributed by atoms with van der Waals surface area (Å²) in [6.07, 6.45) is 3.85. The SMILES string of the molecule is CSc1ccc(Br)cc1C(=O)Nc1ccccc1NC(=O)c1cc(Br)ccc1SC. The van der Waals surface area contributed by atoms with Crippen LogP contribution in [0.5, 0.6) is 0 Å². The van der Waals surface area contributed by atoms with Gasteiger partial charge in [-0.3, -0.25) is 9.59 Å². The molecule has 0 saturated carbocycles. The van der Waals surface area contributed by atoms with Crippen molar-refractivity contribution in [1.29, 1.82) is 0 Å². The van der Waals surface area contributed by atoms with Crippen molar-refractivity contribution in [3.05, 3.63) is 80.7 Å². The molecule has 0 aliphatic heterocycles. The van der Waals surface area contributed by atoms with E-state index < -0.39 is 0 Å². The zero-order valence-electron chi connectivity index (χ0n) is 16.2. The summed E-state index contributed by atoms with van der Waals surface area (Å²) in [6.45, 7) is 0. The molecule has 8 heteroatoms. The van der Waals surface area contributed by atoms with E-state index in [1.54, 1.807) is 24.3 Å². The van der Waals surface area contributed by atoms with Gasteiger partial charge in [-0.2, -0.15) is 0 Å². The fourth-order valence-electron chi connectivity index (χ4n) is 2.80. The first-order valence-corrected chi connectivity index (χ1v) is 12.8. The van der Waals surface area contributed by atoms with Crippen molar-refractivity contribution in [2.75, 3.05) is 23.1 Å². The van der Waals surface area contributed by atoms with E-state index in [0.29, 0.717) is 22.5 Å². The number of halogens is 2. The number of thioether (sulfide) groups is 2. The van der Waals surface area contributed by atoms with Gasteiger partial charge in [-0.05, 0) is 61.0 Å². The van der Waals surface area contributed by atoms with Crippen LogP contribution >= 0.6 is 55.4 Å². The van der Waals surface area contributed by atoms with Gasteiger partial charge >= 0.3 is 0 Å². The molecule has 4 nitrogen and oxygen atoms in total. The molecule has 154 valence electrons. The van der Waals surface area contributed by atoms with Gasteiger partial charge in [-0.1, -0.05) is 44.0 Å². The highest BCUT2D eigenvalue weighted by Crippen LogP contribution is 2.29. The minimum Gasteiger partial charge on any atom is -0.320 e. The van der Waals surface area contributed by atoms with Crippen LogP contribution in [-0.4, -0.2) is 24.3 Å². The summed E-state index contributed by atoms with van der Waals surface area (Å²) in [4.78, 5) is 27.6. The third-order valence-corrected chi connectivity index (χ3v) is 6.81. The van der Waals surface area contributed by atoms with E-state index in [2.05, 4.69) is 42.5 Å². The summed E-state index contributed by atoms with van der Waals surface area (Å²) in [6, 6.07) is 18.3. The normalized spacial score (nSPS) is 10.5. The Morgan fingerprint density at radius 3 is 1.47 bits per heavy atom. The van der Waals surface area contributed by atoms with Gasteiger partial charge in [0, 0.05) is 18.7 Å². The first kappa shape index (κ1) is 22.9. The molecule has 0 fully saturated rings. The molecule has 0 atom stereocenters. The lowest BCUT2D eigenvalue weighted by Gasteiger charge is -2.15. The predicted molar refractivity (Wildman–Crippen MR) is 134 cm³/mol. The molecular formula is C22H18Br2N2O2S2. The van der Waals surface area contributed by atoms with Gasteiger partial charge < -0.3 is 10.6 Å². The van der Waals surface area contributed by atoms with E-state index >= 15 is 0 Å². The first-order valence-electron chi connectivity index (χ1n) is 8.81. The summed E-state index contributed by atoms with van der Waals surface area (Å²) >= 11 is 9.84. The van der Waals surface area contributed by atoms with Crippen molar-refractivity contribution in [3.8, 4) is 0 Å². The highest BCUT2D eigenvalue weighted by molar-refractivity contribution is 9.10. The lowest BCUT2D eigenvalue weighted by Crippen LogP contribution is -2.17. The van der Waals surface area contributed by atoms with Crippen LogP contribution in [0, 0.1) is 0 Å². The molecule has 0 radical (unpaired) electrons. The standard InChI is InChI=1S/C22H18Br2N2O2S2/c1-29-19-9-7-13(23)11-15(19)21(27)25-17-5-3-4-6-18(17)26-22(28)16-12-14(24)8-10-20(16)30-2/h3-12H,1-2H3,(H,25,27)(H,26,28). The van der Waals surface area contributed by atoms with E-state index in [9.17, 15) is 9.59 Å². The maximum atomic E-state index is 12.9. The fourth-order valence-corrected chi connectivity index (χ4v) is 4.67. The van der Waals surface area contributed by atoms with Crippen LogP contribution in [0.2, 0.25) is 0 Å². The first-order chi connectivity index (χ1) is 14.4. The second-order valence-corrected chi connectivity index (χ2v) is 9.67. The van der Waals surface area contributed by atoms with Crippen LogP contribution in [0.25, 0.3) is 0 Å². The van der Waals surface area contributed by atoms with Crippen LogP contribution < -0.4 is 10.6 Å². The topological polar surface area (TPSA) is 58.2 Å². The van der Waals surface area contributed by atoms with Gasteiger partial charge in [-0.15, -0.1) is 23.5 Å². The minimum atomic E-state index is -0.241. The summed E-state index contributed by atoms with van der Waals surface area (Å²) < 4.78 is 1.65. The average Bonchev–Trinajstić information content (AvgIpc) is 2.75. The van der Waals surface area contributed by atoms with Crippen molar-refractivity contribution in [2.24, 2.45) is 0 Å². The number of hydrogen-bond acceptors (Lipinski definition) is 4. The Bertz CT molecular complexity index is 1020.